The second kappa shape index (κ2) is 5.11. The zero-order chi connectivity index (χ0) is 11.4. The molecule has 0 unspecified atom stereocenters. The topological polar surface area (TPSA) is 43.6 Å². The summed E-state index contributed by atoms with van der Waals surface area (Å²) in [6, 6.07) is 0. The maximum atomic E-state index is 11.1. The van der Waals surface area contributed by atoms with Gasteiger partial charge in [0, 0.05) is 17.6 Å². The minimum Gasteiger partial charge on any atom is -0.465 e. The molecule has 0 amide bonds. The monoisotopic (exact) mass is 228 g/mol. The Morgan fingerprint density at radius 2 is 2.20 bits per heavy atom. The van der Waals surface area contributed by atoms with Gasteiger partial charge in [-0.2, -0.15) is 0 Å². The van der Waals surface area contributed by atoms with E-state index in [4.69, 9.17) is 4.74 Å². The van der Waals surface area contributed by atoms with Crippen LogP contribution in [-0.4, -0.2) is 23.7 Å². The fraction of sp³-hybridized carbons (Fsp3) is 0.600. The summed E-state index contributed by atoms with van der Waals surface area (Å²) < 4.78 is 6.79. The van der Waals surface area contributed by atoms with Crippen LogP contribution in [0.25, 0.3) is 0 Å². The highest BCUT2D eigenvalue weighted by Crippen LogP contribution is 2.07. The van der Waals surface area contributed by atoms with E-state index in [0.717, 1.165) is 4.80 Å². The van der Waals surface area contributed by atoms with Crippen molar-refractivity contribution in [2.75, 3.05) is 13.2 Å². The van der Waals surface area contributed by atoms with Crippen LogP contribution in [0.1, 0.15) is 17.5 Å². The van der Waals surface area contributed by atoms with Crippen LogP contribution in [0.2, 0.25) is 0 Å². The lowest BCUT2D eigenvalue weighted by Gasteiger charge is -1.97. The average Bonchev–Trinajstić information content (AvgIpc) is 2.43. The SMILES string of the molecule is CCOC(=O)CN=c1sc(C)c(C)n1C. The van der Waals surface area contributed by atoms with Crippen molar-refractivity contribution in [3.8, 4) is 0 Å². The normalized spacial score (nSPS) is 11.9. The second-order valence-electron chi connectivity index (χ2n) is 3.21. The predicted octanol–water partition coefficient (Wildman–Crippen LogP) is 1.17. The van der Waals surface area contributed by atoms with Crippen molar-refractivity contribution in [2.45, 2.75) is 20.8 Å². The van der Waals surface area contributed by atoms with Crippen molar-refractivity contribution in [1.29, 1.82) is 0 Å². The van der Waals surface area contributed by atoms with Gasteiger partial charge in [-0.05, 0) is 20.8 Å². The van der Waals surface area contributed by atoms with E-state index in [-0.39, 0.29) is 12.5 Å². The highest BCUT2D eigenvalue weighted by molar-refractivity contribution is 7.09. The van der Waals surface area contributed by atoms with Crippen LogP contribution in [0.15, 0.2) is 4.99 Å². The van der Waals surface area contributed by atoms with Gasteiger partial charge in [0.05, 0.1) is 6.61 Å². The molecule has 5 heteroatoms. The van der Waals surface area contributed by atoms with Gasteiger partial charge in [-0.25, -0.2) is 4.99 Å². The molecule has 0 saturated carbocycles. The number of rotatable bonds is 3. The summed E-state index contributed by atoms with van der Waals surface area (Å²) in [6.07, 6.45) is 0. The van der Waals surface area contributed by atoms with Crippen LogP contribution in [-0.2, 0) is 16.6 Å². The van der Waals surface area contributed by atoms with E-state index in [1.54, 1.807) is 18.3 Å². The maximum absolute atomic E-state index is 11.1. The lowest BCUT2D eigenvalue weighted by atomic mass is 10.4. The molecule has 84 valence electrons. The quantitative estimate of drug-likeness (QED) is 0.729. The Hall–Kier alpha value is -1.10. The number of carbonyl (C=O) groups is 1. The zero-order valence-corrected chi connectivity index (χ0v) is 10.3. The van der Waals surface area contributed by atoms with Gasteiger partial charge >= 0.3 is 5.97 Å². The molecule has 1 heterocycles. The number of hydrogen-bond donors (Lipinski definition) is 0. The molecule has 15 heavy (non-hydrogen) atoms. The number of nitrogens with zero attached hydrogens (tertiary/aromatic N) is 2. The second-order valence-corrected chi connectivity index (χ2v) is 4.39. The standard InChI is InChI=1S/C10H16N2O2S/c1-5-14-9(13)6-11-10-12(4)7(2)8(3)15-10/h5-6H2,1-4H3. The Bertz CT molecular complexity index is 418. The van der Waals surface area contributed by atoms with Crippen molar-refractivity contribution in [1.82, 2.24) is 4.57 Å². The van der Waals surface area contributed by atoms with Crippen LogP contribution in [0.5, 0.6) is 0 Å². The molecular weight excluding hydrogens is 212 g/mol. The maximum Gasteiger partial charge on any atom is 0.327 e. The highest BCUT2D eigenvalue weighted by Gasteiger charge is 2.03. The molecule has 1 aromatic heterocycles. The summed E-state index contributed by atoms with van der Waals surface area (Å²) in [7, 11) is 1.95. The van der Waals surface area contributed by atoms with E-state index in [0.29, 0.717) is 6.61 Å². The summed E-state index contributed by atoms with van der Waals surface area (Å²) in [5.41, 5.74) is 1.18. The minimum absolute atomic E-state index is 0.0983. The smallest absolute Gasteiger partial charge is 0.327 e. The molecule has 0 bridgehead atoms. The molecule has 0 aromatic carbocycles. The van der Waals surface area contributed by atoms with Crippen LogP contribution in [0.4, 0.5) is 0 Å². The van der Waals surface area contributed by atoms with Crippen LogP contribution >= 0.6 is 11.3 Å². The Kier molecular flexibility index (Phi) is 4.08. The van der Waals surface area contributed by atoms with E-state index < -0.39 is 0 Å². The van der Waals surface area contributed by atoms with E-state index in [2.05, 4.69) is 4.99 Å². The van der Waals surface area contributed by atoms with Crippen molar-refractivity contribution in [2.24, 2.45) is 12.0 Å². The molecular formula is C10H16N2O2S. The van der Waals surface area contributed by atoms with Gasteiger partial charge in [0.2, 0.25) is 0 Å². The molecule has 1 aromatic rings. The van der Waals surface area contributed by atoms with Crippen molar-refractivity contribution in [3.05, 3.63) is 15.4 Å². The largest absolute Gasteiger partial charge is 0.465 e. The first-order valence-electron chi connectivity index (χ1n) is 4.85. The minimum atomic E-state index is -0.277. The molecule has 0 aliphatic carbocycles. The average molecular weight is 228 g/mol. The van der Waals surface area contributed by atoms with Crippen LogP contribution in [0, 0.1) is 13.8 Å². The number of carbonyl (C=O) groups excluding carboxylic acids is 1. The summed E-state index contributed by atoms with van der Waals surface area (Å²) in [5, 5.41) is 0. The molecule has 4 nitrogen and oxygen atoms in total. The predicted molar refractivity (Wildman–Crippen MR) is 59.8 cm³/mol. The van der Waals surface area contributed by atoms with Gasteiger partial charge < -0.3 is 9.30 Å². The van der Waals surface area contributed by atoms with E-state index in [9.17, 15) is 4.79 Å². The first-order chi connectivity index (χ1) is 7.06. The molecule has 0 aliphatic rings. The first-order valence-corrected chi connectivity index (χ1v) is 5.67. The Morgan fingerprint density at radius 3 is 2.67 bits per heavy atom. The van der Waals surface area contributed by atoms with E-state index in [1.165, 1.54) is 10.6 Å². The van der Waals surface area contributed by atoms with Crippen LogP contribution < -0.4 is 4.80 Å². The van der Waals surface area contributed by atoms with Gasteiger partial charge in [-0.15, -0.1) is 11.3 Å². The molecule has 0 radical (unpaired) electrons. The van der Waals surface area contributed by atoms with Crippen molar-refractivity contribution >= 4 is 17.3 Å². The summed E-state index contributed by atoms with van der Waals surface area (Å²) in [4.78, 5) is 17.4. The lowest BCUT2D eigenvalue weighted by molar-refractivity contribution is -0.141. The molecule has 1 rings (SSSR count). The Morgan fingerprint density at radius 1 is 1.53 bits per heavy atom. The van der Waals surface area contributed by atoms with Gasteiger partial charge in [0.25, 0.3) is 0 Å². The van der Waals surface area contributed by atoms with Gasteiger partial charge in [-0.3, -0.25) is 4.79 Å². The fourth-order valence-electron chi connectivity index (χ4n) is 1.14. The number of hydrogen-bond acceptors (Lipinski definition) is 4. The van der Waals surface area contributed by atoms with E-state index in [1.807, 2.05) is 25.5 Å². The van der Waals surface area contributed by atoms with Crippen molar-refractivity contribution in [3.63, 3.8) is 0 Å². The first kappa shape index (κ1) is 12.0. The molecule has 0 spiro atoms. The van der Waals surface area contributed by atoms with Gasteiger partial charge in [0.15, 0.2) is 4.80 Å². The number of aromatic nitrogens is 1. The lowest BCUT2D eigenvalue weighted by Crippen LogP contribution is -2.16. The van der Waals surface area contributed by atoms with Crippen LogP contribution in [0.3, 0.4) is 0 Å². The van der Waals surface area contributed by atoms with Gasteiger partial charge in [0.1, 0.15) is 6.54 Å². The summed E-state index contributed by atoms with van der Waals surface area (Å²) in [6.45, 7) is 6.37. The number of thiazole rings is 1. The molecule has 0 saturated heterocycles. The molecule has 0 fully saturated rings. The third-order valence-corrected chi connectivity index (χ3v) is 3.38. The van der Waals surface area contributed by atoms with Gasteiger partial charge in [-0.1, -0.05) is 0 Å². The highest BCUT2D eigenvalue weighted by atomic mass is 32.1. The number of esters is 1. The summed E-state index contributed by atoms with van der Waals surface area (Å²) >= 11 is 1.59. The number of aryl methyl sites for hydroxylation is 1. The molecule has 0 N–H and O–H groups in total. The third-order valence-electron chi connectivity index (χ3n) is 2.19. The molecule has 0 atom stereocenters. The Balaban J connectivity index is 2.83. The number of ether oxygens (including phenoxy) is 1. The fourth-order valence-corrected chi connectivity index (χ4v) is 2.10. The van der Waals surface area contributed by atoms with E-state index >= 15 is 0 Å². The van der Waals surface area contributed by atoms with Crippen molar-refractivity contribution < 1.29 is 9.53 Å². The zero-order valence-electron chi connectivity index (χ0n) is 9.53. The summed E-state index contributed by atoms with van der Waals surface area (Å²) in [5.74, 6) is -0.277. The third kappa shape index (κ3) is 2.92. The molecule has 0 aliphatic heterocycles. The Labute approximate surface area is 93.2 Å².